The molecular weight excluding hydrogens is 444 g/mol. The summed E-state index contributed by atoms with van der Waals surface area (Å²) in [5, 5.41) is 15.1. The lowest BCUT2D eigenvalue weighted by atomic mass is 9.71. The Morgan fingerprint density at radius 2 is 1.66 bits per heavy atom. The molecule has 0 radical (unpaired) electrons. The smallest absolute Gasteiger partial charge is 0.407 e. The zero-order chi connectivity index (χ0) is 24.5. The summed E-state index contributed by atoms with van der Waals surface area (Å²) >= 11 is 0. The van der Waals surface area contributed by atoms with E-state index in [-0.39, 0.29) is 48.8 Å². The van der Waals surface area contributed by atoms with Crippen LogP contribution in [0.1, 0.15) is 49.7 Å². The quantitative estimate of drug-likeness (QED) is 0.531. The Bertz CT molecular complexity index is 1090. The van der Waals surface area contributed by atoms with Crippen LogP contribution in [0.15, 0.2) is 48.5 Å². The third-order valence-corrected chi connectivity index (χ3v) is 8.20. The van der Waals surface area contributed by atoms with Gasteiger partial charge in [0.1, 0.15) is 6.61 Å². The molecule has 0 heterocycles. The maximum absolute atomic E-state index is 12.8. The molecule has 7 nitrogen and oxygen atoms in total. The molecule has 3 N–H and O–H groups in total. The molecule has 2 aromatic rings. The molecule has 2 saturated carbocycles. The third-order valence-electron chi connectivity index (χ3n) is 8.20. The van der Waals surface area contributed by atoms with Gasteiger partial charge in [-0.2, -0.15) is 0 Å². The number of carbonyl (C=O) groups excluding carboxylic acids is 2. The van der Waals surface area contributed by atoms with E-state index in [0.717, 1.165) is 17.5 Å². The molecule has 7 heteroatoms. The van der Waals surface area contributed by atoms with Gasteiger partial charge in [-0.1, -0.05) is 55.5 Å². The lowest BCUT2D eigenvalue weighted by Gasteiger charge is -2.41. The molecule has 2 fully saturated rings. The van der Waals surface area contributed by atoms with Crippen molar-refractivity contribution in [2.75, 3.05) is 13.2 Å². The van der Waals surface area contributed by atoms with E-state index in [0.29, 0.717) is 25.2 Å². The minimum absolute atomic E-state index is 0.00831. The van der Waals surface area contributed by atoms with E-state index in [1.807, 2.05) is 31.2 Å². The second-order valence-corrected chi connectivity index (χ2v) is 10.1. The Labute approximate surface area is 205 Å². The first-order valence-electron chi connectivity index (χ1n) is 12.6. The highest BCUT2D eigenvalue weighted by Crippen LogP contribution is 2.50. The summed E-state index contributed by atoms with van der Waals surface area (Å²) in [7, 11) is 0. The van der Waals surface area contributed by atoms with Crippen molar-refractivity contribution in [3.63, 3.8) is 0 Å². The lowest BCUT2D eigenvalue weighted by molar-refractivity contribution is -0.141. The molecule has 0 saturated heterocycles. The predicted molar refractivity (Wildman–Crippen MR) is 131 cm³/mol. The van der Waals surface area contributed by atoms with Crippen molar-refractivity contribution in [1.29, 1.82) is 0 Å². The number of nitrogens with one attached hydrogen (secondary N) is 2. The van der Waals surface area contributed by atoms with Crippen molar-refractivity contribution >= 4 is 18.0 Å². The normalized spacial score (nSPS) is 24.9. The fraction of sp³-hybridized carbons (Fsp3) is 0.464. The molecule has 5 atom stereocenters. The van der Waals surface area contributed by atoms with E-state index in [9.17, 15) is 19.5 Å². The number of hydrogen-bond acceptors (Lipinski definition) is 4. The monoisotopic (exact) mass is 476 g/mol. The first-order chi connectivity index (χ1) is 17.0. The van der Waals surface area contributed by atoms with Crippen LogP contribution in [0.25, 0.3) is 11.1 Å². The summed E-state index contributed by atoms with van der Waals surface area (Å²) in [5.41, 5.74) is 4.66. The summed E-state index contributed by atoms with van der Waals surface area (Å²) in [5.74, 6) is -0.814. The number of alkyl carbamates (subject to hydrolysis) is 1. The second-order valence-electron chi connectivity index (χ2n) is 10.1. The molecule has 2 aromatic carbocycles. The topological polar surface area (TPSA) is 105 Å². The molecule has 3 aliphatic carbocycles. The van der Waals surface area contributed by atoms with Crippen molar-refractivity contribution in [3.05, 3.63) is 59.7 Å². The number of rotatable bonds is 8. The van der Waals surface area contributed by atoms with Gasteiger partial charge in [-0.3, -0.25) is 9.59 Å². The number of carboxylic acid groups (broad SMARTS) is 1. The number of carbonyl (C=O) groups is 3. The third kappa shape index (κ3) is 4.51. The molecule has 3 aliphatic rings. The molecule has 5 rings (SSSR count). The zero-order valence-corrected chi connectivity index (χ0v) is 19.9. The van der Waals surface area contributed by atoms with E-state index in [4.69, 9.17) is 4.74 Å². The van der Waals surface area contributed by atoms with E-state index in [1.165, 1.54) is 11.1 Å². The molecule has 0 aliphatic heterocycles. The lowest BCUT2D eigenvalue weighted by Crippen LogP contribution is -2.52. The standard InChI is InChI=1S/C28H32N2O5/c1-2-16(26(31)30-25-13-17-11-18(27(32)33)12-23(17)25)14-29-28(34)35-15-24-21-9-5-3-7-19(21)20-8-4-6-10-22(20)24/h3-10,16-18,23-25H,2,11-15H2,1H3,(H,29,34)(H,30,31)(H,32,33)/t16?,17-,18?,23-,25+/m1/s1. The van der Waals surface area contributed by atoms with E-state index in [1.54, 1.807) is 0 Å². The average molecular weight is 477 g/mol. The van der Waals surface area contributed by atoms with Gasteiger partial charge in [0.2, 0.25) is 5.91 Å². The highest BCUT2D eigenvalue weighted by molar-refractivity contribution is 5.81. The summed E-state index contributed by atoms with van der Waals surface area (Å²) in [6, 6.07) is 16.4. The highest BCUT2D eigenvalue weighted by atomic mass is 16.5. The Kier molecular flexibility index (Phi) is 6.50. The van der Waals surface area contributed by atoms with Gasteiger partial charge in [0.05, 0.1) is 11.8 Å². The Hall–Kier alpha value is -3.35. The first-order valence-corrected chi connectivity index (χ1v) is 12.6. The van der Waals surface area contributed by atoms with Crippen LogP contribution in [-0.2, 0) is 14.3 Å². The van der Waals surface area contributed by atoms with Crippen LogP contribution < -0.4 is 10.6 Å². The summed E-state index contributed by atoms with van der Waals surface area (Å²) in [6.07, 6.45) is 2.26. The van der Waals surface area contributed by atoms with Crippen LogP contribution in [0.5, 0.6) is 0 Å². The van der Waals surface area contributed by atoms with E-state index in [2.05, 4.69) is 34.9 Å². The number of fused-ring (bicyclic) bond motifs is 4. The summed E-state index contributed by atoms with van der Waals surface area (Å²) < 4.78 is 5.58. The largest absolute Gasteiger partial charge is 0.481 e. The van der Waals surface area contributed by atoms with E-state index < -0.39 is 12.1 Å². The molecule has 2 unspecified atom stereocenters. The molecule has 2 amide bonds. The first kappa shape index (κ1) is 23.4. The number of amides is 2. The molecular formula is C28H32N2O5. The molecule has 0 bridgehead atoms. The van der Waals surface area contributed by atoms with Crippen LogP contribution in [0, 0.1) is 23.7 Å². The van der Waals surface area contributed by atoms with Crippen molar-refractivity contribution in [2.24, 2.45) is 23.7 Å². The van der Waals surface area contributed by atoms with E-state index >= 15 is 0 Å². The van der Waals surface area contributed by atoms with Gasteiger partial charge in [-0.05, 0) is 59.8 Å². The van der Waals surface area contributed by atoms with Crippen molar-refractivity contribution in [2.45, 2.75) is 44.6 Å². The van der Waals surface area contributed by atoms with Gasteiger partial charge in [-0.25, -0.2) is 4.79 Å². The van der Waals surface area contributed by atoms with Crippen LogP contribution >= 0.6 is 0 Å². The maximum Gasteiger partial charge on any atom is 0.407 e. The Morgan fingerprint density at radius 3 is 2.29 bits per heavy atom. The van der Waals surface area contributed by atoms with Crippen LogP contribution in [0.4, 0.5) is 4.79 Å². The van der Waals surface area contributed by atoms with Gasteiger partial charge in [0, 0.05) is 18.5 Å². The maximum atomic E-state index is 12.8. The number of aliphatic carboxylic acids is 1. The SMILES string of the molecule is CCC(CNC(=O)OCC1c2ccccc2-c2ccccc21)C(=O)N[C@H]1C[C@H]2CC(C(=O)O)C[C@H]21. The fourth-order valence-corrected chi connectivity index (χ4v) is 6.17. The predicted octanol–water partition coefficient (Wildman–Crippen LogP) is 4.17. The molecule has 0 spiro atoms. The Morgan fingerprint density at radius 1 is 1.00 bits per heavy atom. The number of hydrogen-bond donors (Lipinski definition) is 3. The Balaban J connectivity index is 1.11. The number of ether oxygens (including phenoxy) is 1. The molecule has 184 valence electrons. The number of carboxylic acids is 1. The average Bonchev–Trinajstić information content (AvgIpc) is 3.37. The van der Waals surface area contributed by atoms with Crippen molar-refractivity contribution < 1.29 is 24.2 Å². The van der Waals surface area contributed by atoms with Crippen LogP contribution in [-0.4, -0.2) is 42.3 Å². The second kappa shape index (κ2) is 9.72. The highest BCUT2D eigenvalue weighted by Gasteiger charge is 2.50. The zero-order valence-electron chi connectivity index (χ0n) is 19.9. The summed E-state index contributed by atoms with van der Waals surface area (Å²) in [4.78, 5) is 36.6. The fourth-order valence-electron chi connectivity index (χ4n) is 6.17. The summed E-state index contributed by atoms with van der Waals surface area (Å²) in [6.45, 7) is 2.36. The van der Waals surface area contributed by atoms with Gasteiger partial charge in [0.15, 0.2) is 0 Å². The minimum Gasteiger partial charge on any atom is -0.481 e. The van der Waals surface area contributed by atoms with Gasteiger partial charge in [-0.15, -0.1) is 0 Å². The van der Waals surface area contributed by atoms with Gasteiger partial charge >= 0.3 is 12.1 Å². The van der Waals surface area contributed by atoms with Crippen LogP contribution in [0.3, 0.4) is 0 Å². The van der Waals surface area contributed by atoms with Crippen LogP contribution in [0.2, 0.25) is 0 Å². The molecule has 35 heavy (non-hydrogen) atoms. The molecule has 0 aromatic heterocycles. The van der Waals surface area contributed by atoms with Gasteiger partial charge in [0.25, 0.3) is 0 Å². The minimum atomic E-state index is -0.733. The van der Waals surface area contributed by atoms with Gasteiger partial charge < -0.3 is 20.5 Å². The number of benzene rings is 2. The van der Waals surface area contributed by atoms with Crippen molar-refractivity contribution in [3.8, 4) is 11.1 Å². The van der Waals surface area contributed by atoms with Crippen molar-refractivity contribution in [1.82, 2.24) is 10.6 Å².